The molecule has 14 heavy (non-hydrogen) atoms. The Morgan fingerprint density at radius 2 is 1.71 bits per heavy atom. The summed E-state index contributed by atoms with van der Waals surface area (Å²) < 4.78 is 0. The van der Waals surface area contributed by atoms with Gasteiger partial charge in [-0.05, 0) is 62.2 Å². The van der Waals surface area contributed by atoms with E-state index >= 15 is 0 Å². The Labute approximate surface area is 85.3 Å². The van der Waals surface area contributed by atoms with Crippen LogP contribution in [0.4, 0.5) is 0 Å². The largest absolute Gasteiger partial charge is 0.396 e. The lowest BCUT2D eigenvalue weighted by Gasteiger charge is -2.60. The molecular formula is C12H20O2. The van der Waals surface area contributed by atoms with E-state index in [1.165, 1.54) is 19.3 Å². The molecule has 0 aromatic rings. The predicted octanol–water partition coefficient (Wildman–Crippen LogP) is 1.70. The molecule has 4 saturated carbocycles. The van der Waals surface area contributed by atoms with Crippen molar-refractivity contribution < 1.29 is 10.2 Å². The van der Waals surface area contributed by atoms with Crippen LogP contribution in [0.5, 0.6) is 0 Å². The standard InChI is InChI=1S/C12H20O2/c13-2-1-11-4-9-3-10(5-11)7-12(14,6-9)8-11/h9-10,13-14H,1-8H2. The van der Waals surface area contributed by atoms with Gasteiger partial charge in [0.05, 0.1) is 5.60 Å². The molecule has 0 aliphatic heterocycles. The van der Waals surface area contributed by atoms with E-state index in [4.69, 9.17) is 5.11 Å². The molecule has 0 aromatic heterocycles. The molecule has 0 amide bonds. The van der Waals surface area contributed by atoms with Crippen molar-refractivity contribution in [2.24, 2.45) is 17.3 Å². The molecule has 2 unspecified atom stereocenters. The fourth-order valence-electron chi connectivity index (χ4n) is 4.93. The number of rotatable bonds is 2. The van der Waals surface area contributed by atoms with Crippen LogP contribution >= 0.6 is 0 Å². The van der Waals surface area contributed by atoms with E-state index in [1.807, 2.05) is 0 Å². The maximum absolute atomic E-state index is 10.4. The van der Waals surface area contributed by atoms with Crippen LogP contribution in [0.25, 0.3) is 0 Å². The van der Waals surface area contributed by atoms with Crippen LogP contribution in [0, 0.1) is 17.3 Å². The molecule has 80 valence electrons. The molecule has 2 nitrogen and oxygen atoms in total. The third kappa shape index (κ3) is 1.24. The monoisotopic (exact) mass is 196 g/mol. The Balaban J connectivity index is 1.89. The average Bonchev–Trinajstić information content (AvgIpc) is 1.97. The minimum atomic E-state index is -0.348. The number of aliphatic hydroxyl groups excluding tert-OH is 1. The van der Waals surface area contributed by atoms with Crippen molar-refractivity contribution in [1.29, 1.82) is 0 Å². The van der Waals surface area contributed by atoms with Crippen molar-refractivity contribution >= 4 is 0 Å². The summed E-state index contributed by atoms with van der Waals surface area (Å²) in [6.07, 6.45) is 7.84. The quantitative estimate of drug-likeness (QED) is 0.705. The van der Waals surface area contributed by atoms with Gasteiger partial charge in [0.15, 0.2) is 0 Å². The molecule has 2 N–H and O–H groups in total. The van der Waals surface area contributed by atoms with Crippen LogP contribution in [0.15, 0.2) is 0 Å². The Morgan fingerprint density at radius 3 is 2.21 bits per heavy atom. The van der Waals surface area contributed by atoms with Gasteiger partial charge in [-0.25, -0.2) is 0 Å². The lowest BCUT2D eigenvalue weighted by atomic mass is 9.47. The molecule has 4 aliphatic rings. The number of hydrogen-bond acceptors (Lipinski definition) is 2. The maximum Gasteiger partial charge on any atom is 0.0658 e. The molecule has 2 heteroatoms. The van der Waals surface area contributed by atoms with Crippen LogP contribution < -0.4 is 0 Å². The fourth-order valence-corrected chi connectivity index (χ4v) is 4.93. The molecule has 0 saturated heterocycles. The van der Waals surface area contributed by atoms with Crippen LogP contribution in [-0.4, -0.2) is 22.4 Å². The summed E-state index contributed by atoms with van der Waals surface area (Å²) in [5, 5.41) is 19.5. The van der Waals surface area contributed by atoms with Crippen LogP contribution in [0.2, 0.25) is 0 Å². The Morgan fingerprint density at radius 1 is 1.07 bits per heavy atom. The molecule has 2 atom stereocenters. The molecule has 0 spiro atoms. The summed E-state index contributed by atoms with van der Waals surface area (Å²) in [5.74, 6) is 1.51. The second kappa shape index (κ2) is 2.73. The van der Waals surface area contributed by atoms with Crippen molar-refractivity contribution in [1.82, 2.24) is 0 Å². The van der Waals surface area contributed by atoms with Crippen molar-refractivity contribution in [3.8, 4) is 0 Å². The van der Waals surface area contributed by atoms with Gasteiger partial charge in [-0.3, -0.25) is 0 Å². The minimum absolute atomic E-state index is 0.301. The first-order valence-electron chi connectivity index (χ1n) is 5.96. The zero-order chi connectivity index (χ0) is 9.81. The van der Waals surface area contributed by atoms with E-state index in [0.29, 0.717) is 12.0 Å². The van der Waals surface area contributed by atoms with E-state index in [0.717, 1.165) is 37.5 Å². The fraction of sp³-hybridized carbons (Fsp3) is 1.00. The van der Waals surface area contributed by atoms with Gasteiger partial charge in [0.25, 0.3) is 0 Å². The van der Waals surface area contributed by atoms with E-state index in [9.17, 15) is 5.11 Å². The predicted molar refractivity (Wildman–Crippen MR) is 53.8 cm³/mol. The van der Waals surface area contributed by atoms with E-state index in [-0.39, 0.29) is 5.60 Å². The Hall–Kier alpha value is -0.0800. The van der Waals surface area contributed by atoms with E-state index < -0.39 is 0 Å². The van der Waals surface area contributed by atoms with Crippen molar-refractivity contribution in [2.75, 3.05) is 6.61 Å². The molecule has 4 bridgehead atoms. The first kappa shape index (κ1) is 9.17. The van der Waals surface area contributed by atoms with Gasteiger partial charge in [-0.1, -0.05) is 0 Å². The summed E-state index contributed by atoms with van der Waals surface area (Å²) in [6, 6.07) is 0. The molecule has 4 fully saturated rings. The zero-order valence-electron chi connectivity index (χ0n) is 8.71. The topological polar surface area (TPSA) is 40.5 Å². The van der Waals surface area contributed by atoms with Gasteiger partial charge in [0.1, 0.15) is 0 Å². The minimum Gasteiger partial charge on any atom is -0.396 e. The smallest absolute Gasteiger partial charge is 0.0658 e. The number of aliphatic hydroxyl groups is 2. The summed E-state index contributed by atoms with van der Waals surface area (Å²) >= 11 is 0. The SMILES string of the molecule is OCCC12CC3CC(CC(O)(C3)C1)C2. The molecule has 4 rings (SSSR count). The highest BCUT2D eigenvalue weighted by Crippen LogP contribution is 2.62. The maximum atomic E-state index is 10.4. The van der Waals surface area contributed by atoms with Crippen molar-refractivity contribution in [2.45, 2.75) is 50.5 Å². The first-order valence-corrected chi connectivity index (χ1v) is 5.96. The van der Waals surface area contributed by atoms with E-state index in [1.54, 1.807) is 0 Å². The van der Waals surface area contributed by atoms with Gasteiger partial charge in [-0.2, -0.15) is 0 Å². The highest BCUT2D eigenvalue weighted by Gasteiger charge is 2.56. The second-order valence-electron chi connectivity index (χ2n) is 6.16. The second-order valence-corrected chi connectivity index (χ2v) is 6.16. The summed E-state index contributed by atoms with van der Waals surface area (Å²) in [4.78, 5) is 0. The molecule has 0 heterocycles. The summed E-state index contributed by atoms with van der Waals surface area (Å²) in [5.41, 5.74) is -0.0349. The van der Waals surface area contributed by atoms with Gasteiger partial charge in [0, 0.05) is 6.61 Å². The van der Waals surface area contributed by atoms with Crippen LogP contribution in [0.3, 0.4) is 0 Å². The van der Waals surface area contributed by atoms with Gasteiger partial charge in [-0.15, -0.1) is 0 Å². The molecule has 0 aromatic carbocycles. The third-order valence-electron chi connectivity index (χ3n) is 4.79. The summed E-state index contributed by atoms with van der Waals surface area (Å²) in [6.45, 7) is 0.301. The third-order valence-corrected chi connectivity index (χ3v) is 4.79. The lowest BCUT2D eigenvalue weighted by molar-refractivity contribution is -0.167. The highest BCUT2D eigenvalue weighted by atomic mass is 16.3. The zero-order valence-corrected chi connectivity index (χ0v) is 8.71. The number of hydrogen-bond donors (Lipinski definition) is 2. The lowest BCUT2D eigenvalue weighted by Crippen LogP contribution is -2.55. The van der Waals surface area contributed by atoms with Crippen molar-refractivity contribution in [3.05, 3.63) is 0 Å². The van der Waals surface area contributed by atoms with E-state index in [2.05, 4.69) is 0 Å². The normalized spacial score (nSPS) is 55.3. The van der Waals surface area contributed by atoms with Gasteiger partial charge >= 0.3 is 0 Å². The Bertz CT molecular complexity index is 235. The molecule has 0 radical (unpaired) electrons. The van der Waals surface area contributed by atoms with Crippen LogP contribution in [0.1, 0.15) is 44.9 Å². The first-order chi connectivity index (χ1) is 6.63. The van der Waals surface area contributed by atoms with Gasteiger partial charge < -0.3 is 10.2 Å². The highest BCUT2D eigenvalue weighted by molar-refractivity contribution is 5.08. The summed E-state index contributed by atoms with van der Waals surface area (Å²) in [7, 11) is 0. The Kier molecular flexibility index (Phi) is 1.79. The van der Waals surface area contributed by atoms with Crippen molar-refractivity contribution in [3.63, 3.8) is 0 Å². The van der Waals surface area contributed by atoms with Crippen LogP contribution in [-0.2, 0) is 0 Å². The molecule has 4 aliphatic carbocycles. The van der Waals surface area contributed by atoms with Gasteiger partial charge in [0.2, 0.25) is 0 Å². The average molecular weight is 196 g/mol. The molecular weight excluding hydrogens is 176 g/mol.